The summed E-state index contributed by atoms with van der Waals surface area (Å²) in [6.45, 7) is 0. The van der Waals surface area contributed by atoms with Crippen molar-refractivity contribution in [3.8, 4) is 5.82 Å². The van der Waals surface area contributed by atoms with Crippen LogP contribution in [0.3, 0.4) is 0 Å². The van der Waals surface area contributed by atoms with Crippen LogP contribution >= 0.6 is 11.6 Å². The van der Waals surface area contributed by atoms with Crippen LogP contribution in [0.4, 0.5) is 30.8 Å². The minimum atomic E-state index is -4.74. The Morgan fingerprint density at radius 3 is 2.59 bits per heavy atom. The summed E-state index contributed by atoms with van der Waals surface area (Å²) in [6.07, 6.45) is -1.80. The van der Waals surface area contributed by atoms with Crippen molar-refractivity contribution in [2.24, 2.45) is 5.92 Å². The first-order valence-corrected chi connectivity index (χ1v) is 10.5. The Morgan fingerprint density at radius 1 is 1.18 bits per heavy atom. The van der Waals surface area contributed by atoms with Crippen molar-refractivity contribution in [3.63, 3.8) is 0 Å². The molecular weight excluding hydrogens is 475 g/mol. The van der Waals surface area contributed by atoms with Gasteiger partial charge in [-0.15, -0.1) is 0 Å². The minimum absolute atomic E-state index is 0.00204. The van der Waals surface area contributed by atoms with Crippen molar-refractivity contribution >= 4 is 40.1 Å². The topological polar surface area (TPSA) is 153 Å². The van der Waals surface area contributed by atoms with Gasteiger partial charge >= 0.3 is 6.18 Å². The average molecular weight is 492 g/mol. The van der Waals surface area contributed by atoms with Gasteiger partial charge < -0.3 is 16.8 Å². The molecule has 1 saturated carbocycles. The Kier molecular flexibility index (Phi) is 5.08. The number of alkyl halides is 3. The van der Waals surface area contributed by atoms with Crippen LogP contribution < -0.4 is 22.3 Å². The van der Waals surface area contributed by atoms with E-state index in [4.69, 9.17) is 23.1 Å². The molecule has 14 heteroatoms. The zero-order chi connectivity index (χ0) is 24.2. The second-order valence-corrected chi connectivity index (χ2v) is 8.22. The van der Waals surface area contributed by atoms with E-state index in [1.54, 1.807) is 0 Å². The number of anilines is 3. The molecule has 0 radical (unpaired) electrons. The van der Waals surface area contributed by atoms with Gasteiger partial charge in [-0.1, -0.05) is 17.7 Å². The highest BCUT2D eigenvalue weighted by Crippen LogP contribution is 2.44. The van der Waals surface area contributed by atoms with Crippen LogP contribution in [-0.4, -0.2) is 29.7 Å². The summed E-state index contributed by atoms with van der Waals surface area (Å²) >= 11 is 6.26. The smallest absolute Gasteiger partial charge is 0.382 e. The molecule has 1 aliphatic rings. The van der Waals surface area contributed by atoms with Crippen LogP contribution in [0.25, 0.3) is 16.7 Å². The van der Waals surface area contributed by atoms with Crippen molar-refractivity contribution < 1.29 is 13.2 Å². The maximum Gasteiger partial charge on any atom is 0.417 e. The molecule has 34 heavy (non-hydrogen) atoms. The van der Waals surface area contributed by atoms with Gasteiger partial charge in [0.2, 0.25) is 5.95 Å². The summed E-state index contributed by atoms with van der Waals surface area (Å²) < 4.78 is 42.2. The molecule has 0 bridgehead atoms. The van der Waals surface area contributed by atoms with Crippen molar-refractivity contribution in [3.05, 3.63) is 57.2 Å². The number of hydrogen-bond donors (Lipinski definition) is 4. The summed E-state index contributed by atoms with van der Waals surface area (Å²) in [5.74, 6) is 0.280. The highest BCUT2D eigenvalue weighted by atomic mass is 35.5. The SMILES string of the molecule is Nc1nc(N)c(Cl)c(N[C@H](c2nc3cccc(C(F)(F)F)c3c(=O)n2-c2ccn[nH]2)C2CC2)n1. The number of nitrogen functional groups attached to an aromatic ring is 2. The summed E-state index contributed by atoms with van der Waals surface area (Å²) in [4.78, 5) is 25.9. The first-order chi connectivity index (χ1) is 16.1. The van der Waals surface area contributed by atoms with Crippen molar-refractivity contribution in [1.82, 2.24) is 29.7 Å². The maximum absolute atomic E-state index is 13.7. The summed E-state index contributed by atoms with van der Waals surface area (Å²) in [5, 5.41) is 9.08. The van der Waals surface area contributed by atoms with Crippen molar-refractivity contribution in [1.29, 1.82) is 0 Å². The van der Waals surface area contributed by atoms with Crippen molar-refractivity contribution in [2.45, 2.75) is 25.1 Å². The lowest BCUT2D eigenvalue weighted by Gasteiger charge is -2.23. The standard InChI is InChI=1S/C20H17ClF3N9O/c21-13-15(25)30-19(26)31-16(13)29-14(8-4-5-8)17-28-10-3-1-2-9(20(22,23)24)12(10)18(34)33(17)11-6-7-27-32-11/h1-3,6-8,14H,4-5H2,(H,27,32)(H5,25,26,29,30,31)/t14-/m0/s1. The van der Waals surface area contributed by atoms with Crippen molar-refractivity contribution in [2.75, 3.05) is 16.8 Å². The largest absolute Gasteiger partial charge is 0.417 e. The lowest BCUT2D eigenvalue weighted by atomic mass is 10.1. The molecule has 0 unspecified atom stereocenters. The third-order valence-electron chi connectivity index (χ3n) is 5.51. The van der Waals surface area contributed by atoms with Gasteiger partial charge in [0.15, 0.2) is 5.82 Å². The summed E-state index contributed by atoms with van der Waals surface area (Å²) in [6, 6.07) is 4.24. The quantitative estimate of drug-likeness (QED) is 0.331. The molecule has 5 rings (SSSR count). The molecule has 4 aromatic rings. The molecule has 3 aromatic heterocycles. The number of halogens is 4. The fourth-order valence-electron chi connectivity index (χ4n) is 3.85. The van der Waals surface area contributed by atoms with Crippen LogP contribution in [0.15, 0.2) is 35.3 Å². The molecule has 1 aromatic carbocycles. The van der Waals surface area contributed by atoms with Gasteiger partial charge in [-0.3, -0.25) is 9.89 Å². The number of aromatic amines is 1. The van der Waals surface area contributed by atoms with E-state index >= 15 is 0 Å². The number of nitrogens with one attached hydrogen (secondary N) is 2. The minimum Gasteiger partial charge on any atom is -0.382 e. The highest BCUT2D eigenvalue weighted by Gasteiger charge is 2.39. The fourth-order valence-corrected chi connectivity index (χ4v) is 3.99. The summed E-state index contributed by atoms with van der Waals surface area (Å²) in [7, 11) is 0. The number of nitrogens with zero attached hydrogens (tertiary/aromatic N) is 5. The van der Waals surface area contributed by atoms with E-state index in [1.165, 1.54) is 24.4 Å². The lowest BCUT2D eigenvalue weighted by Crippen LogP contribution is -2.31. The molecule has 1 fully saturated rings. The Labute approximate surface area is 194 Å². The van der Waals surface area contributed by atoms with E-state index in [0.717, 1.165) is 23.5 Å². The average Bonchev–Trinajstić information content (AvgIpc) is 3.47. The Hall–Kier alpha value is -3.87. The van der Waals surface area contributed by atoms with Crippen LogP contribution in [-0.2, 0) is 6.18 Å². The zero-order valence-electron chi connectivity index (χ0n) is 17.3. The van der Waals surface area contributed by atoms with Gasteiger partial charge in [-0.05, 0) is 30.9 Å². The third kappa shape index (κ3) is 3.77. The monoisotopic (exact) mass is 491 g/mol. The van der Waals surface area contributed by atoms with Gasteiger partial charge in [0, 0.05) is 6.07 Å². The van der Waals surface area contributed by atoms with Gasteiger partial charge in [0.25, 0.3) is 5.56 Å². The number of aromatic nitrogens is 6. The van der Waals surface area contributed by atoms with E-state index in [0.29, 0.717) is 0 Å². The van der Waals surface area contributed by atoms with Crippen LogP contribution in [0.5, 0.6) is 0 Å². The predicted octanol–water partition coefficient (Wildman–Crippen LogP) is 3.30. The molecule has 0 amide bonds. The van der Waals surface area contributed by atoms with Gasteiger partial charge in [-0.2, -0.15) is 28.2 Å². The highest BCUT2D eigenvalue weighted by molar-refractivity contribution is 6.35. The molecule has 0 aliphatic heterocycles. The normalized spacial score (nSPS) is 14.9. The van der Waals surface area contributed by atoms with E-state index < -0.39 is 28.7 Å². The predicted molar refractivity (Wildman–Crippen MR) is 119 cm³/mol. The molecule has 6 N–H and O–H groups in total. The number of rotatable bonds is 5. The second kappa shape index (κ2) is 7.87. The van der Waals surface area contributed by atoms with Gasteiger partial charge in [0.05, 0.1) is 28.7 Å². The summed E-state index contributed by atoms with van der Waals surface area (Å²) in [5.41, 5.74) is 9.45. The van der Waals surface area contributed by atoms with E-state index in [1.807, 2.05) is 0 Å². The number of H-pyrrole nitrogens is 1. The zero-order valence-corrected chi connectivity index (χ0v) is 18.0. The molecule has 0 spiro atoms. The van der Waals surface area contributed by atoms with E-state index in [9.17, 15) is 18.0 Å². The fraction of sp³-hybridized carbons (Fsp3) is 0.250. The van der Waals surface area contributed by atoms with Crippen LogP contribution in [0.2, 0.25) is 5.02 Å². The number of hydrogen-bond acceptors (Lipinski definition) is 8. The van der Waals surface area contributed by atoms with Gasteiger partial charge in [-0.25, -0.2) is 9.55 Å². The third-order valence-corrected chi connectivity index (χ3v) is 5.89. The Balaban J connectivity index is 1.77. The first kappa shape index (κ1) is 21.9. The maximum atomic E-state index is 13.7. The molecule has 0 saturated heterocycles. The second-order valence-electron chi connectivity index (χ2n) is 7.84. The van der Waals surface area contributed by atoms with Gasteiger partial charge in [0.1, 0.15) is 22.5 Å². The lowest BCUT2D eigenvalue weighted by molar-refractivity contribution is -0.136. The Bertz CT molecular complexity index is 1450. The number of nitrogens with two attached hydrogens (primary N) is 2. The molecule has 176 valence electrons. The number of benzene rings is 1. The number of fused-ring (bicyclic) bond motifs is 1. The van der Waals surface area contributed by atoms with E-state index in [2.05, 4.69) is 30.5 Å². The molecule has 10 nitrogen and oxygen atoms in total. The van der Waals surface area contributed by atoms with Crippen LogP contribution in [0.1, 0.15) is 30.3 Å². The Morgan fingerprint density at radius 2 is 1.94 bits per heavy atom. The molecule has 3 heterocycles. The molecular formula is C20H17ClF3N9O. The van der Waals surface area contributed by atoms with E-state index in [-0.39, 0.29) is 45.7 Å². The molecule has 1 atom stereocenters. The first-order valence-electron chi connectivity index (χ1n) is 10.1. The van der Waals surface area contributed by atoms with Crippen LogP contribution in [0, 0.1) is 5.92 Å². The molecule has 1 aliphatic carbocycles.